The highest BCUT2D eigenvalue weighted by Gasteiger charge is 2.40. The Kier molecular flexibility index (Phi) is 5.63. The third-order valence-electron chi connectivity index (χ3n) is 5.19. The fraction of sp³-hybridized carbons (Fsp3) is 0.647. The van der Waals surface area contributed by atoms with E-state index in [-0.39, 0.29) is 0 Å². The zero-order valence-electron chi connectivity index (χ0n) is 14.0. The maximum atomic E-state index is 12.3. The number of thiophene rings is 1. The standard InChI is InChI=1S/C17H25N3O2S2/c1-3-7-19(2)12-15-13-20-8-6-14(15)10-16(20)11-18-24(21,22)17-5-4-9-23-17/h1,4-5,9,14-16,18H,6-8,10-13H2,2H3. The van der Waals surface area contributed by atoms with Crippen molar-refractivity contribution in [3.8, 4) is 12.3 Å². The third-order valence-corrected chi connectivity index (χ3v) is 8.01. The Morgan fingerprint density at radius 1 is 1.54 bits per heavy atom. The highest BCUT2D eigenvalue weighted by atomic mass is 32.2. The Morgan fingerprint density at radius 3 is 3.00 bits per heavy atom. The van der Waals surface area contributed by atoms with Gasteiger partial charge in [-0.15, -0.1) is 17.8 Å². The zero-order valence-corrected chi connectivity index (χ0v) is 15.7. The predicted molar refractivity (Wildman–Crippen MR) is 97.4 cm³/mol. The minimum absolute atomic E-state index is 0.313. The van der Waals surface area contributed by atoms with Crippen LogP contribution in [0.15, 0.2) is 21.7 Å². The smallest absolute Gasteiger partial charge is 0.250 e. The molecule has 0 aromatic carbocycles. The molecule has 1 aromatic rings. The number of terminal acetylenes is 1. The van der Waals surface area contributed by atoms with E-state index in [0.29, 0.717) is 35.2 Å². The average Bonchev–Trinajstić information content (AvgIpc) is 3.09. The first-order valence-corrected chi connectivity index (χ1v) is 10.7. The molecule has 4 atom stereocenters. The van der Waals surface area contributed by atoms with E-state index < -0.39 is 10.0 Å². The quantitative estimate of drug-likeness (QED) is 0.738. The molecule has 24 heavy (non-hydrogen) atoms. The topological polar surface area (TPSA) is 52.6 Å². The van der Waals surface area contributed by atoms with Crippen molar-refractivity contribution in [2.24, 2.45) is 11.8 Å². The fourth-order valence-corrected chi connectivity index (χ4v) is 6.09. The second-order valence-electron chi connectivity index (χ2n) is 6.88. The highest BCUT2D eigenvalue weighted by Crippen LogP contribution is 2.36. The van der Waals surface area contributed by atoms with E-state index in [9.17, 15) is 8.42 Å². The van der Waals surface area contributed by atoms with Gasteiger partial charge in [-0.2, -0.15) is 0 Å². The van der Waals surface area contributed by atoms with E-state index in [2.05, 4.69) is 27.5 Å². The number of hydrogen-bond donors (Lipinski definition) is 1. The van der Waals surface area contributed by atoms with Crippen molar-refractivity contribution in [2.45, 2.75) is 23.1 Å². The molecule has 7 heteroatoms. The van der Waals surface area contributed by atoms with Gasteiger partial charge < -0.3 is 0 Å². The molecule has 3 aliphatic heterocycles. The lowest BCUT2D eigenvalue weighted by molar-refractivity contribution is -0.00623. The van der Waals surface area contributed by atoms with Crippen LogP contribution in [0.5, 0.6) is 0 Å². The van der Waals surface area contributed by atoms with Gasteiger partial charge in [0.15, 0.2) is 0 Å². The molecule has 0 spiro atoms. The number of rotatable bonds is 7. The summed E-state index contributed by atoms with van der Waals surface area (Å²) in [6, 6.07) is 3.73. The molecule has 0 aliphatic carbocycles. The Labute approximate surface area is 149 Å². The Morgan fingerprint density at radius 2 is 2.38 bits per heavy atom. The molecule has 0 radical (unpaired) electrons. The summed E-state index contributed by atoms with van der Waals surface area (Å²) < 4.78 is 27.7. The monoisotopic (exact) mass is 367 g/mol. The van der Waals surface area contributed by atoms with Crippen LogP contribution in [0.3, 0.4) is 0 Å². The van der Waals surface area contributed by atoms with Gasteiger partial charge in [0, 0.05) is 25.7 Å². The molecule has 4 unspecified atom stereocenters. The minimum atomic E-state index is -3.36. The van der Waals surface area contributed by atoms with Crippen LogP contribution in [0.1, 0.15) is 12.8 Å². The molecule has 1 aromatic heterocycles. The molecule has 4 rings (SSSR count). The van der Waals surface area contributed by atoms with E-state index in [1.54, 1.807) is 17.5 Å². The number of nitrogens with zero attached hydrogens (tertiary/aromatic N) is 2. The van der Waals surface area contributed by atoms with Crippen LogP contribution in [0.4, 0.5) is 0 Å². The van der Waals surface area contributed by atoms with Crippen LogP contribution in [0.2, 0.25) is 0 Å². The summed E-state index contributed by atoms with van der Waals surface area (Å²) in [6.45, 7) is 4.34. The lowest BCUT2D eigenvalue weighted by Gasteiger charge is -2.50. The molecule has 3 saturated heterocycles. The third kappa shape index (κ3) is 4.01. The van der Waals surface area contributed by atoms with Crippen molar-refractivity contribution >= 4 is 21.4 Å². The second-order valence-corrected chi connectivity index (χ2v) is 9.82. The van der Waals surface area contributed by atoms with Crippen molar-refractivity contribution in [1.82, 2.24) is 14.5 Å². The maximum Gasteiger partial charge on any atom is 0.250 e. The molecule has 5 nitrogen and oxygen atoms in total. The second kappa shape index (κ2) is 7.54. The number of sulfonamides is 1. The summed E-state index contributed by atoms with van der Waals surface area (Å²) >= 11 is 1.26. The zero-order chi connectivity index (χ0) is 17.2. The molecule has 3 aliphatic rings. The van der Waals surface area contributed by atoms with Gasteiger partial charge in [0.2, 0.25) is 10.0 Å². The first kappa shape index (κ1) is 17.9. The van der Waals surface area contributed by atoms with E-state index in [4.69, 9.17) is 6.42 Å². The first-order valence-electron chi connectivity index (χ1n) is 8.39. The van der Waals surface area contributed by atoms with E-state index in [1.165, 1.54) is 17.8 Å². The Balaban J connectivity index is 1.54. The van der Waals surface area contributed by atoms with Crippen molar-refractivity contribution in [3.05, 3.63) is 17.5 Å². The van der Waals surface area contributed by atoms with Gasteiger partial charge in [0.25, 0.3) is 0 Å². The molecule has 4 heterocycles. The van der Waals surface area contributed by atoms with E-state index in [1.807, 2.05) is 0 Å². The summed E-state index contributed by atoms with van der Waals surface area (Å²) in [6.07, 6.45) is 7.67. The van der Waals surface area contributed by atoms with Crippen molar-refractivity contribution < 1.29 is 8.42 Å². The molecule has 0 amide bonds. The molecular weight excluding hydrogens is 342 g/mol. The summed E-state index contributed by atoms with van der Waals surface area (Å²) in [5, 5.41) is 1.79. The van der Waals surface area contributed by atoms with Crippen LogP contribution in [-0.2, 0) is 10.0 Å². The largest absolute Gasteiger partial charge is 0.299 e. The van der Waals surface area contributed by atoms with E-state index >= 15 is 0 Å². The summed E-state index contributed by atoms with van der Waals surface area (Å²) in [5.41, 5.74) is 0. The predicted octanol–water partition coefficient (Wildman–Crippen LogP) is 1.30. The molecule has 3 fully saturated rings. The fourth-order valence-electron chi connectivity index (χ4n) is 3.98. The van der Waals surface area contributed by atoms with Gasteiger partial charge >= 0.3 is 0 Å². The Bertz CT molecular complexity index is 681. The van der Waals surface area contributed by atoms with Gasteiger partial charge in [-0.3, -0.25) is 9.80 Å². The van der Waals surface area contributed by atoms with Crippen LogP contribution in [0.25, 0.3) is 0 Å². The summed E-state index contributed by atoms with van der Waals surface area (Å²) in [4.78, 5) is 4.66. The highest BCUT2D eigenvalue weighted by molar-refractivity contribution is 7.91. The number of piperidine rings is 3. The number of hydrogen-bond acceptors (Lipinski definition) is 5. The van der Waals surface area contributed by atoms with Crippen molar-refractivity contribution in [2.75, 3.05) is 39.8 Å². The summed E-state index contributed by atoms with van der Waals surface area (Å²) in [5.74, 6) is 4.01. The van der Waals surface area contributed by atoms with Gasteiger partial charge in [-0.1, -0.05) is 12.0 Å². The SMILES string of the molecule is C#CCN(C)CC1CN2CCC1CC2CNS(=O)(=O)c1cccs1. The minimum Gasteiger partial charge on any atom is -0.299 e. The summed E-state index contributed by atoms with van der Waals surface area (Å²) in [7, 11) is -1.29. The number of fused-ring (bicyclic) bond motifs is 3. The van der Waals surface area contributed by atoms with Crippen LogP contribution >= 0.6 is 11.3 Å². The molecule has 132 valence electrons. The first-order chi connectivity index (χ1) is 11.5. The number of nitrogens with one attached hydrogen (secondary N) is 1. The van der Waals surface area contributed by atoms with Crippen molar-refractivity contribution in [3.63, 3.8) is 0 Å². The lowest BCUT2D eigenvalue weighted by atomic mass is 9.75. The molecule has 1 N–H and O–H groups in total. The normalized spacial score (nSPS) is 29.7. The van der Waals surface area contributed by atoms with Gasteiger partial charge in [0.1, 0.15) is 4.21 Å². The van der Waals surface area contributed by atoms with Gasteiger partial charge in [-0.25, -0.2) is 13.1 Å². The van der Waals surface area contributed by atoms with Gasteiger partial charge in [-0.05, 0) is 49.7 Å². The Hall–Kier alpha value is -0.910. The van der Waals surface area contributed by atoms with Crippen LogP contribution in [-0.4, -0.2) is 64.0 Å². The van der Waals surface area contributed by atoms with E-state index in [0.717, 1.165) is 26.1 Å². The lowest BCUT2D eigenvalue weighted by Crippen LogP contribution is -2.58. The van der Waals surface area contributed by atoms with Gasteiger partial charge in [0.05, 0.1) is 6.54 Å². The molecular formula is C17H25N3O2S2. The maximum absolute atomic E-state index is 12.3. The van der Waals surface area contributed by atoms with Crippen LogP contribution in [0, 0.1) is 24.2 Å². The van der Waals surface area contributed by atoms with Crippen molar-refractivity contribution in [1.29, 1.82) is 0 Å². The molecule has 2 bridgehead atoms. The van der Waals surface area contributed by atoms with Crippen LogP contribution < -0.4 is 4.72 Å². The molecule has 0 saturated carbocycles. The average molecular weight is 368 g/mol.